The molecule has 2 fully saturated rings. The summed E-state index contributed by atoms with van der Waals surface area (Å²) in [5, 5.41) is 8.78. The van der Waals surface area contributed by atoms with Gasteiger partial charge in [-0.1, -0.05) is 11.8 Å². The third-order valence-corrected chi connectivity index (χ3v) is 5.25. The Bertz CT molecular complexity index is 568. The topological polar surface area (TPSA) is 55.8 Å². The number of carbonyl (C=O) groups excluding carboxylic acids is 1. The van der Waals surface area contributed by atoms with Crippen molar-refractivity contribution in [2.45, 2.75) is 71.0 Å². The van der Waals surface area contributed by atoms with Crippen molar-refractivity contribution < 1.29 is 19.4 Å². The highest BCUT2D eigenvalue weighted by Crippen LogP contribution is 2.58. The Balaban J connectivity index is 1.78. The van der Waals surface area contributed by atoms with Crippen LogP contribution in [-0.4, -0.2) is 36.0 Å². The van der Waals surface area contributed by atoms with Gasteiger partial charge in [0.25, 0.3) is 0 Å². The zero-order chi connectivity index (χ0) is 17.6. The predicted octanol–water partition coefficient (Wildman–Crippen LogP) is 2.68. The van der Waals surface area contributed by atoms with Crippen LogP contribution in [0.4, 0.5) is 0 Å². The minimum absolute atomic E-state index is 0.0345. The number of carbonyl (C=O) groups is 1. The summed E-state index contributed by atoms with van der Waals surface area (Å²) < 4.78 is 11.5. The Morgan fingerprint density at radius 1 is 1.21 bits per heavy atom. The Morgan fingerprint density at radius 2 is 1.92 bits per heavy atom. The highest BCUT2D eigenvalue weighted by molar-refractivity contribution is 5.73. The quantitative estimate of drug-likeness (QED) is 0.462. The van der Waals surface area contributed by atoms with Gasteiger partial charge in [-0.2, -0.15) is 0 Å². The van der Waals surface area contributed by atoms with Gasteiger partial charge in [0.2, 0.25) is 0 Å². The summed E-state index contributed by atoms with van der Waals surface area (Å²) >= 11 is 0. The number of ether oxygens (including phenoxy) is 2. The first-order valence-electron chi connectivity index (χ1n) is 8.83. The first-order chi connectivity index (χ1) is 11.4. The number of aliphatic hydroxyl groups excluding tert-OH is 1. The second-order valence-corrected chi connectivity index (χ2v) is 7.21. The minimum Gasteiger partial charge on any atom is -0.457 e. The molecular formula is C20H28O4. The number of hydrogen-bond donors (Lipinski definition) is 1. The van der Waals surface area contributed by atoms with Crippen LogP contribution in [0.15, 0.2) is 0 Å². The van der Waals surface area contributed by atoms with Crippen LogP contribution in [-0.2, 0) is 14.3 Å². The van der Waals surface area contributed by atoms with E-state index in [0.717, 1.165) is 32.1 Å². The van der Waals surface area contributed by atoms with Gasteiger partial charge >= 0.3 is 5.97 Å². The smallest absolute Gasteiger partial charge is 0.309 e. The number of aliphatic hydroxyl groups is 1. The third-order valence-electron chi connectivity index (χ3n) is 5.25. The van der Waals surface area contributed by atoms with Crippen LogP contribution in [0.5, 0.6) is 0 Å². The summed E-state index contributed by atoms with van der Waals surface area (Å²) in [7, 11) is 0. The van der Waals surface area contributed by atoms with E-state index in [1.54, 1.807) is 6.92 Å². The summed E-state index contributed by atoms with van der Waals surface area (Å²) in [4.78, 5) is 12.5. The second kappa shape index (κ2) is 8.06. The van der Waals surface area contributed by atoms with Gasteiger partial charge in [0.05, 0.1) is 17.4 Å². The van der Waals surface area contributed by atoms with Crippen molar-refractivity contribution in [3.8, 4) is 23.7 Å². The normalized spacial score (nSPS) is 34.3. The van der Waals surface area contributed by atoms with E-state index < -0.39 is 5.60 Å². The maximum atomic E-state index is 12.5. The average molecular weight is 332 g/mol. The SMILES string of the molecule is CC#CC#C[C@]1(C)CC1(C)OC(=O)C1CCC(OCCCO)CC1. The molecule has 2 aliphatic carbocycles. The molecule has 1 unspecified atom stereocenters. The van der Waals surface area contributed by atoms with Crippen LogP contribution in [0, 0.1) is 35.0 Å². The molecule has 2 saturated carbocycles. The summed E-state index contributed by atoms with van der Waals surface area (Å²) in [5.74, 6) is 11.3. The van der Waals surface area contributed by atoms with Gasteiger partial charge < -0.3 is 14.6 Å². The molecular weight excluding hydrogens is 304 g/mol. The van der Waals surface area contributed by atoms with E-state index in [1.165, 1.54) is 0 Å². The van der Waals surface area contributed by atoms with Crippen molar-refractivity contribution >= 4 is 5.97 Å². The molecule has 0 heterocycles. The molecule has 0 aromatic heterocycles. The van der Waals surface area contributed by atoms with Crippen molar-refractivity contribution in [1.29, 1.82) is 0 Å². The highest BCUT2D eigenvalue weighted by Gasteiger charge is 2.64. The van der Waals surface area contributed by atoms with Crippen LogP contribution in [0.3, 0.4) is 0 Å². The standard InChI is InChI=1S/C20H28O4/c1-4-5-6-12-19(2)15-20(19,3)24-18(22)16-8-10-17(11-9-16)23-14-7-13-21/h16-17,21H,7-11,13-15H2,1-3H3/t16?,17?,19-,20?/m1/s1. The molecule has 2 atom stereocenters. The van der Waals surface area contributed by atoms with Gasteiger partial charge in [-0.25, -0.2) is 0 Å². The molecule has 0 radical (unpaired) electrons. The first-order valence-corrected chi connectivity index (χ1v) is 8.83. The van der Waals surface area contributed by atoms with Gasteiger partial charge in [0, 0.05) is 19.6 Å². The molecule has 0 amide bonds. The van der Waals surface area contributed by atoms with Crippen LogP contribution in [0.2, 0.25) is 0 Å². The third kappa shape index (κ3) is 4.53. The Morgan fingerprint density at radius 3 is 2.54 bits per heavy atom. The van der Waals surface area contributed by atoms with E-state index >= 15 is 0 Å². The zero-order valence-corrected chi connectivity index (χ0v) is 15.0. The lowest BCUT2D eigenvalue weighted by molar-refractivity contribution is -0.158. The minimum atomic E-state index is -0.485. The largest absolute Gasteiger partial charge is 0.457 e. The van der Waals surface area contributed by atoms with Crippen LogP contribution >= 0.6 is 0 Å². The average Bonchev–Trinajstić information content (AvgIpc) is 3.09. The van der Waals surface area contributed by atoms with Gasteiger partial charge in [0.1, 0.15) is 5.60 Å². The molecule has 2 aliphatic rings. The monoisotopic (exact) mass is 332 g/mol. The predicted molar refractivity (Wildman–Crippen MR) is 91.8 cm³/mol. The molecule has 4 heteroatoms. The fraction of sp³-hybridized carbons (Fsp3) is 0.750. The van der Waals surface area contributed by atoms with Crippen molar-refractivity contribution in [2.75, 3.05) is 13.2 Å². The van der Waals surface area contributed by atoms with Crippen LogP contribution in [0.25, 0.3) is 0 Å². The fourth-order valence-electron chi connectivity index (χ4n) is 3.27. The Kier molecular flexibility index (Phi) is 6.33. The molecule has 0 saturated heterocycles. The maximum absolute atomic E-state index is 12.5. The summed E-state index contributed by atoms with van der Waals surface area (Å²) in [6, 6.07) is 0. The summed E-state index contributed by atoms with van der Waals surface area (Å²) in [6.45, 7) is 6.49. The van der Waals surface area contributed by atoms with E-state index in [1.807, 2.05) is 13.8 Å². The second-order valence-electron chi connectivity index (χ2n) is 7.21. The van der Waals surface area contributed by atoms with Crippen molar-refractivity contribution in [3.05, 3.63) is 0 Å². The van der Waals surface area contributed by atoms with Crippen molar-refractivity contribution in [2.24, 2.45) is 11.3 Å². The lowest BCUT2D eigenvalue weighted by Gasteiger charge is -2.28. The lowest BCUT2D eigenvalue weighted by Crippen LogP contribution is -2.31. The zero-order valence-electron chi connectivity index (χ0n) is 15.0. The van der Waals surface area contributed by atoms with Crippen LogP contribution in [0.1, 0.15) is 59.3 Å². The first kappa shape index (κ1) is 18.8. The van der Waals surface area contributed by atoms with E-state index in [9.17, 15) is 4.79 Å². The number of rotatable bonds is 6. The molecule has 2 rings (SSSR count). The molecule has 0 spiro atoms. The molecule has 0 aromatic carbocycles. The van der Waals surface area contributed by atoms with E-state index in [4.69, 9.17) is 14.6 Å². The fourth-order valence-corrected chi connectivity index (χ4v) is 3.27. The van der Waals surface area contributed by atoms with Crippen molar-refractivity contribution in [3.63, 3.8) is 0 Å². The lowest BCUT2D eigenvalue weighted by atomic mass is 9.87. The number of hydrogen-bond acceptors (Lipinski definition) is 4. The van der Waals surface area contributed by atoms with E-state index in [-0.39, 0.29) is 30.0 Å². The Hall–Kier alpha value is -1.49. The van der Waals surface area contributed by atoms with Gasteiger partial charge in [-0.3, -0.25) is 4.79 Å². The highest BCUT2D eigenvalue weighted by atomic mass is 16.6. The molecule has 4 nitrogen and oxygen atoms in total. The molecule has 0 aliphatic heterocycles. The summed E-state index contributed by atoms with van der Waals surface area (Å²) in [5.41, 5.74) is -0.766. The maximum Gasteiger partial charge on any atom is 0.309 e. The van der Waals surface area contributed by atoms with E-state index in [2.05, 4.69) is 23.7 Å². The van der Waals surface area contributed by atoms with E-state index in [0.29, 0.717) is 13.0 Å². The molecule has 0 aromatic rings. The molecule has 1 N–H and O–H groups in total. The number of esters is 1. The van der Waals surface area contributed by atoms with Crippen LogP contribution < -0.4 is 0 Å². The van der Waals surface area contributed by atoms with Gasteiger partial charge in [-0.15, -0.1) is 0 Å². The molecule has 24 heavy (non-hydrogen) atoms. The van der Waals surface area contributed by atoms with Gasteiger partial charge in [-0.05, 0) is 64.7 Å². The molecule has 0 bridgehead atoms. The van der Waals surface area contributed by atoms with Gasteiger partial charge in [0.15, 0.2) is 0 Å². The Labute approximate surface area is 145 Å². The molecule has 132 valence electrons. The summed E-state index contributed by atoms with van der Waals surface area (Å²) in [6.07, 6.45) is 5.02. The van der Waals surface area contributed by atoms with Crippen molar-refractivity contribution in [1.82, 2.24) is 0 Å².